The van der Waals surface area contributed by atoms with Gasteiger partial charge in [-0.15, -0.1) is 0 Å². The van der Waals surface area contributed by atoms with Crippen LogP contribution in [-0.2, 0) is 14.9 Å². The van der Waals surface area contributed by atoms with Gasteiger partial charge in [0, 0.05) is 37.8 Å². The number of nitrogens with zero attached hydrogens (tertiary/aromatic N) is 3. The van der Waals surface area contributed by atoms with Gasteiger partial charge in [0.2, 0.25) is 0 Å². The van der Waals surface area contributed by atoms with Gasteiger partial charge in [-0.2, -0.15) is 17.8 Å². The van der Waals surface area contributed by atoms with Gasteiger partial charge in [0.1, 0.15) is 5.02 Å². The summed E-state index contributed by atoms with van der Waals surface area (Å²) in [4.78, 5) is 12.8. The summed E-state index contributed by atoms with van der Waals surface area (Å²) >= 11 is 6.32. The van der Waals surface area contributed by atoms with Gasteiger partial charge in [-0.3, -0.25) is 9.52 Å². The predicted octanol–water partition coefficient (Wildman–Crippen LogP) is 1.70. The standard InChI is InChI=1S/C21H28ClN5O5S/c22-20-18(23-12-15-14-32-11-8-19(15)28)13-24-27(21(20)29)17-6-9-26(10-7-17)33(30,31)25-16-4-2-1-3-5-16/h1-5,13,15,17,19,23,25,28H,6-12,14H2/t15-,19+/m1/s1. The number of hydrogen-bond acceptors (Lipinski definition) is 7. The van der Waals surface area contributed by atoms with Gasteiger partial charge in [0.05, 0.1) is 30.6 Å². The lowest BCUT2D eigenvalue weighted by Gasteiger charge is -2.31. The quantitative estimate of drug-likeness (QED) is 0.531. The molecule has 180 valence electrons. The van der Waals surface area contributed by atoms with Crippen LogP contribution in [0.4, 0.5) is 11.4 Å². The molecule has 12 heteroatoms. The van der Waals surface area contributed by atoms with Crippen molar-refractivity contribution >= 4 is 33.2 Å². The molecule has 1 aromatic carbocycles. The van der Waals surface area contributed by atoms with Crippen molar-refractivity contribution < 1.29 is 18.3 Å². The summed E-state index contributed by atoms with van der Waals surface area (Å²) in [6.45, 7) is 1.92. The van der Waals surface area contributed by atoms with E-state index in [1.54, 1.807) is 24.3 Å². The minimum atomic E-state index is -3.68. The molecule has 3 heterocycles. The molecule has 0 spiro atoms. The minimum Gasteiger partial charge on any atom is -0.393 e. The summed E-state index contributed by atoms with van der Waals surface area (Å²) in [6.07, 6.45) is 2.50. The predicted molar refractivity (Wildman–Crippen MR) is 126 cm³/mol. The average Bonchev–Trinajstić information content (AvgIpc) is 2.81. The van der Waals surface area contributed by atoms with E-state index >= 15 is 0 Å². The Morgan fingerprint density at radius 2 is 1.91 bits per heavy atom. The molecule has 0 saturated carbocycles. The van der Waals surface area contributed by atoms with E-state index in [0.717, 1.165) is 0 Å². The van der Waals surface area contributed by atoms with Crippen LogP contribution in [0.15, 0.2) is 41.3 Å². The summed E-state index contributed by atoms with van der Waals surface area (Å²) in [6, 6.07) is 8.46. The Labute approximate surface area is 197 Å². The number of benzene rings is 1. The third-order valence-corrected chi connectivity index (χ3v) is 7.97. The lowest BCUT2D eigenvalue weighted by Crippen LogP contribution is -2.43. The molecule has 33 heavy (non-hydrogen) atoms. The molecule has 2 fully saturated rings. The lowest BCUT2D eigenvalue weighted by molar-refractivity contribution is -0.0302. The molecule has 0 amide bonds. The third-order valence-electron chi connectivity index (χ3n) is 6.06. The molecule has 2 saturated heterocycles. The molecule has 0 radical (unpaired) electrons. The zero-order valence-corrected chi connectivity index (χ0v) is 19.6. The Bertz CT molecular complexity index is 1110. The number of aliphatic hydroxyl groups excluding tert-OH is 1. The van der Waals surface area contributed by atoms with Crippen LogP contribution >= 0.6 is 11.6 Å². The van der Waals surface area contributed by atoms with Gasteiger partial charge in [-0.05, 0) is 31.4 Å². The van der Waals surface area contributed by atoms with Crippen molar-refractivity contribution in [2.45, 2.75) is 31.4 Å². The topological polar surface area (TPSA) is 126 Å². The van der Waals surface area contributed by atoms with Crippen LogP contribution in [0.3, 0.4) is 0 Å². The Balaban J connectivity index is 1.37. The summed E-state index contributed by atoms with van der Waals surface area (Å²) in [5.74, 6) is -0.0898. The van der Waals surface area contributed by atoms with Crippen molar-refractivity contribution in [1.29, 1.82) is 0 Å². The fourth-order valence-corrected chi connectivity index (χ4v) is 5.55. The number of aliphatic hydroxyl groups is 1. The monoisotopic (exact) mass is 497 g/mol. The first-order chi connectivity index (χ1) is 15.8. The van der Waals surface area contributed by atoms with Gasteiger partial charge >= 0.3 is 10.2 Å². The summed E-state index contributed by atoms with van der Waals surface area (Å²) in [5, 5.41) is 17.5. The molecule has 0 bridgehead atoms. The number of piperidine rings is 1. The lowest BCUT2D eigenvalue weighted by atomic mass is 9.99. The largest absolute Gasteiger partial charge is 0.393 e. The van der Waals surface area contributed by atoms with Crippen LogP contribution in [0.1, 0.15) is 25.3 Å². The second kappa shape index (κ2) is 10.4. The second-order valence-electron chi connectivity index (χ2n) is 8.30. The van der Waals surface area contributed by atoms with Crippen LogP contribution in [0, 0.1) is 5.92 Å². The first kappa shape index (κ1) is 24.0. The molecule has 10 nitrogen and oxygen atoms in total. The van der Waals surface area contributed by atoms with Gasteiger partial charge in [0.25, 0.3) is 5.56 Å². The maximum absolute atomic E-state index is 12.8. The van der Waals surface area contributed by atoms with E-state index in [1.807, 2.05) is 6.07 Å². The zero-order valence-electron chi connectivity index (χ0n) is 18.1. The molecular formula is C21H28ClN5O5S. The highest BCUT2D eigenvalue weighted by Crippen LogP contribution is 2.25. The van der Waals surface area contributed by atoms with Crippen LogP contribution in [-0.4, -0.2) is 66.6 Å². The molecule has 2 atom stereocenters. The van der Waals surface area contributed by atoms with E-state index in [9.17, 15) is 18.3 Å². The van der Waals surface area contributed by atoms with E-state index in [2.05, 4.69) is 15.1 Å². The number of para-hydroxylation sites is 1. The van der Waals surface area contributed by atoms with Crippen LogP contribution in [0.25, 0.3) is 0 Å². The zero-order chi connectivity index (χ0) is 23.4. The van der Waals surface area contributed by atoms with Crippen LogP contribution < -0.4 is 15.6 Å². The number of nitrogens with one attached hydrogen (secondary N) is 2. The van der Waals surface area contributed by atoms with Gasteiger partial charge in [-0.25, -0.2) is 4.68 Å². The van der Waals surface area contributed by atoms with Crippen molar-refractivity contribution in [3.63, 3.8) is 0 Å². The minimum absolute atomic E-state index is 0.0250. The third kappa shape index (κ3) is 5.67. The van der Waals surface area contributed by atoms with E-state index in [4.69, 9.17) is 16.3 Å². The van der Waals surface area contributed by atoms with E-state index in [0.29, 0.717) is 50.4 Å². The highest BCUT2D eigenvalue weighted by atomic mass is 35.5. The molecule has 2 aliphatic rings. The summed E-state index contributed by atoms with van der Waals surface area (Å²) in [7, 11) is -3.68. The highest BCUT2D eigenvalue weighted by Gasteiger charge is 2.30. The second-order valence-corrected chi connectivity index (χ2v) is 10.3. The fourth-order valence-electron chi connectivity index (χ4n) is 4.10. The smallest absolute Gasteiger partial charge is 0.301 e. The van der Waals surface area contributed by atoms with Gasteiger partial charge in [0.15, 0.2) is 0 Å². The molecule has 0 aliphatic carbocycles. The van der Waals surface area contributed by atoms with Gasteiger partial charge < -0.3 is 15.2 Å². The molecule has 3 N–H and O–H groups in total. The van der Waals surface area contributed by atoms with Crippen molar-refractivity contribution in [2.75, 3.05) is 42.9 Å². The van der Waals surface area contributed by atoms with Gasteiger partial charge in [-0.1, -0.05) is 29.8 Å². The Morgan fingerprint density at radius 1 is 1.18 bits per heavy atom. The van der Waals surface area contributed by atoms with E-state index in [1.165, 1.54) is 15.2 Å². The number of rotatable bonds is 7. The number of halogens is 1. The molecule has 4 rings (SSSR count). The maximum atomic E-state index is 12.8. The number of ether oxygens (including phenoxy) is 1. The van der Waals surface area contributed by atoms with Crippen molar-refractivity contribution in [3.05, 3.63) is 51.9 Å². The molecule has 2 aliphatic heterocycles. The highest BCUT2D eigenvalue weighted by molar-refractivity contribution is 7.90. The molecule has 2 aromatic rings. The van der Waals surface area contributed by atoms with Crippen LogP contribution in [0.2, 0.25) is 5.02 Å². The average molecular weight is 498 g/mol. The Hall–Kier alpha value is -2.18. The maximum Gasteiger partial charge on any atom is 0.301 e. The molecule has 1 aromatic heterocycles. The first-order valence-corrected chi connectivity index (χ1v) is 12.8. The Morgan fingerprint density at radius 3 is 2.61 bits per heavy atom. The number of anilines is 2. The van der Waals surface area contributed by atoms with E-state index in [-0.39, 0.29) is 30.1 Å². The van der Waals surface area contributed by atoms with E-state index < -0.39 is 21.9 Å². The van der Waals surface area contributed by atoms with Crippen LogP contribution in [0.5, 0.6) is 0 Å². The number of aromatic nitrogens is 2. The van der Waals surface area contributed by atoms with Crippen molar-refractivity contribution in [2.24, 2.45) is 5.92 Å². The normalized spacial score (nSPS) is 22.7. The Kier molecular flexibility index (Phi) is 7.55. The SMILES string of the molecule is O=c1c(Cl)c(NC[C@@H]2COCC[C@@H]2O)cnn1C1CCN(S(=O)(=O)Nc2ccccc2)CC1. The molecular weight excluding hydrogens is 470 g/mol. The summed E-state index contributed by atoms with van der Waals surface area (Å²) in [5.41, 5.74) is 0.480. The van der Waals surface area contributed by atoms with Crippen molar-refractivity contribution in [3.8, 4) is 0 Å². The number of hydrogen-bond donors (Lipinski definition) is 3. The summed E-state index contributed by atoms with van der Waals surface area (Å²) < 4.78 is 36.0. The molecule has 0 unspecified atom stereocenters. The fraction of sp³-hybridized carbons (Fsp3) is 0.524. The van der Waals surface area contributed by atoms with Crippen molar-refractivity contribution in [1.82, 2.24) is 14.1 Å². The first-order valence-electron chi connectivity index (χ1n) is 10.9.